The Morgan fingerprint density at radius 3 is 1.47 bits per heavy atom. The minimum atomic E-state index is -1.45. The highest BCUT2D eigenvalue weighted by molar-refractivity contribution is 6.70. The van der Waals surface area contributed by atoms with Gasteiger partial charge >= 0.3 is 0 Å². The monoisotopic (exact) mass is 662 g/mol. The van der Waals surface area contributed by atoms with Crippen molar-refractivity contribution in [2.45, 2.75) is 73.4 Å². The molecule has 0 aliphatic rings. The summed E-state index contributed by atoms with van der Waals surface area (Å²) < 4.78 is 16.6. The zero-order chi connectivity index (χ0) is 34.6. The smallest absolute Gasteiger partial charge is 0.244 e. The molecule has 45 heavy (non-hydrogen) atoms. The summed E-state index contributed by atoms with van der Waals surface area (Å²) >= 11 is 5.14. The van der Waals surface area contributed by atoms with E-state index in [4.69, 9.17) is 25.5 Å². The number of hydrogen-bond acceptors (Lipinski definition) is 7. The maximum absolute atomic E-state index is 12.1. The Morgan fingerprint density at radius 2 is 1.16 bits per heavy atom. The first-order valence-corrected chi connectivity index (χ1v) is 18.9. The molecule has 0 radical (unpaired) electrons. The predicted octanol–water partition coefficient (Wildman–Crippen LogP) is 7.29. The van der Waals surface area contributed by atoms with Gasteiger partial charge in [-0.3, -0.25) is 14.4 Å². The summed E-state index contributed by atoms with van der Waals surface area (Å²) in [6.45, 7) is 15.8. The molecule has 0 aliphatic heterocycles. The van der Waals surface area contributed by atoms with E-state index in [-0.39, 0.29) is 29.8 Å². The number of Topliss-reactive ketones (excluding diaryl/α,β-unsaturated/α-hetero) is 1. The third-order valence-electron chi connectivity index (χ3n) is 6.01. The van der Waals surface area contributed by atoms with Gasteiger partial charge in [0.05, 0.1) is 26.4 Å². The number of benzene rings is 2. The van der Waals surface area contributed by atoms with E-state index < -0.39 is 13.7 Å². The Kier molecular flexibility index (Phi) is 20.3. The van der Waals surface area contributed by atoms with Crippen LogP contribution in [0.2, 0.25) is 19.6 Å². The Labute approximate surface area is 277 Å². The van der Waals surface area contributed by atoms with E-state index in [2.05, 4.69) is 33.5 Å². The SMILES string of the molecule is CC(C)=C(O[Si](C)(C)C)N(C)C.CN(C)C(=O)C(C)(C)C(=O)CCOCc1ccccc1.O=C(Cl)CCOCc1ccccc1. The van der Waals surface area contributed by atoms with E-state index in [9.17, 15) is 14.4 Å². The van der Waals surface area contributed by atoms with Crippen molar-refractivity contribution in [1.29, 1.82) is 0 Å². The number of ether oxygens (including phenoxy) is 2. The fraction of sp³-hybridized carbons (Fsp3) is 0.514. The molecule has 0 aromatic heterocycles. The van der Waals surface area contributed by atoms with Gasteiger partial charge in [0.2, 0.25) is 19.5 Å². The van der Waals surface area contributed by atoms with Crippen LogP contribution in [0.15, 0.2) is 72.1 Å². The van der Waals surface area contributed by atoms with Gasteiger partial charge in [-0.15, -0.1) is 0 Å². The van der Waals surface area contributed by atoms with Crippen molar-refractivity contribution >= 4 is 36.9 Å². The molecule has 0 saturated heterocycles. The van der Waals surface area contributed by atoms with Gasteiger partial charge in [0.25, 0.3) is 0 Å². The number of ketones is 1. The van der Waals surface area contributed by atoms with Crippen LogP contribution in [-0.4, -0.2) is 76.5 Å². The Balaban J connectivity index is 0.000000677. The van der Waals surface area contributed by atoms with Crippen molar-refractivity contribution in [2.75, 3.05) is 41.4 Å². The van der Waals surface area contributed by atoms with Crippen LogP contribution in [0.5, 0.6) is 0 Å². The predicted molar refractivity (Wildman–Crippen MR) is 186 cm³/mol. The molecule has 0 spiro atoms. The van der Waals surface area contributed by atoms with E-state index in [0.29, 0.717) is 26.4 Å². The summed E-state index contributed by atoms with van der Waals surface area (Å²) in [5.41, 5.74) is 2.43. The molecular weight excluding hydrogens is 608 g/mol. The lowest BCUT2D eigenvalue weighted by Gasteiger charge is -2.27. The quantitative estimate of drug-likeness (QED) is 0.0651. The maximum Gasteiger partial charge on any atom is 0.244 e. The van der Waals surface area contributed by atoms with Crippen LogP contribution < -0.4 is 0 Å². The van der Waals surface area contributed by atoms with E-state index in [1.807, 2.05) is 79.7 Å². The van der Waals surface area contributed by atoms with Crippen molar-refractivity contribution in [3.63, 3.8) is 0 Å². The second-order valence-corrected chi connectivity index (χ2v) is 17.4. The molecule has 2 aromatic rings. The van der Waals surface area contributed by atoms with Crippen molar-refractivity contribution in [3.05, 3.63) is 83.2 Å². The molecule has 8 nitrogen and oxygen atoms in total. The number of nitrogens with zero attached hydrogens (tertiary/aromatic N) is 2. The third-order valence-corrected chi connectivity index (χ3v) is 7.01. The molecule has 252 valence electrons. The Morgan fingerprint density at radius 1 is 0.733 bits per heavy atom. The van der Waals surface area contributed by atoms with Crippen LogP contribution >= 0.6 is 11.6 Å². The highest BCUT2D eigenvalue weighted by Crippen LogP contribution is 2.21. The van der Waals surface area contributed by atoms with E-state index in [1.165, 1.54) is 10.5 Å². The summed E-state index contributed by atoms with van der Waals surface area (Å²) in [5, 5.41) is -0.354. The zero-order valence-corrected chi connectivity index (χ0v) is 31.0. The largest absolute Gasteiger partial charge is 0.533 e. The van der Waals surface area contributed by atoms with Crippen molar-refractivity contribution < 1.29 is 28.3 Å². The number of carbonyl (C=O) groups is 3. The summed E-state index contributed by atoms with van der Waals surface area (Å²) in [5.74, 6) is 0.754. The lowest BCUT2D eigenvalue weighted by Crippen LogP contribution is -2.42. The van der Waals surface area contributed by atoms with Gasteiger partial charge in [0.1, 0.15) is 11.2 Å². The molecule has 0 fully saturated rings. The topological polar surface area (TPSA) is 85.4 Å². The lowest BCUT2D eigenvalue weighted by atomic mass is 9.85. The molecule has 1 amide bonds. The van der Waals surface area contributed by atoms with Crippen LogP contribution in [0.1, 0.15) is 51.7 Å². The molecule has 0 bridgehead atoms. The maximum atomic E-state index is 12.1. The van der Waals surface area contributed by atoms with Crippen molar-refractivity contribution in [3.8, 4) is 0 Å². The normalized spacial score (nSPS) is 10.8. The molecule has 0 heterocycles. The van der Waals surface area contributed by atoms with Crippen LogP contribution in [0.4, 0.5) is 0 Å². The van der Waals surface area contributed by atoms with E-state index in [0.717, 1.165) is 17.0 Å². The van der Waals surface area contributed by atoms with Gasteiger partial charge in [-0.05, 0) is 75.6 Å². The van der Waals surface area contributed by atoms with Crippen LogP contribution in [0, 0.1) is 5.41 Å². The van der Waals surface area contributed by atoms with Crippen LogP contribution in [-0.2, 0) is 41.5 Å². The average Bonchev–Trinajstić information content (AvgIpc) is 2.96. The van der Waals surface area contributed by atoms with Gasteiger partial charge < -0.3 is 23.7 Å². The van der Waals surface area contributed by atoms with E-state index in [1.54, 1.807) is 27.9 Å². The Bertz CT molecular complexity index is 1180. The lowest BCUT2D eigenvalue weighted by molar-refractivity contribution is -0.146. The van der Waals surface area contributed by atoms with Crippen LogP contribution in [0.3, 0.4) is 0 Å². The summed E-state index contributed by atoms with van der Waals surface area (Å²) in [4.78, 5) is 37.8. The first-order valence-electron chi connectivity index (χ1n) is 15.1. The molecule has 0 N–H and O–H groups in total. The standard InChI is InChI=1S/C16H23NO3.C10H11ClO2.C9H21NOSi/c1-16(2,15(19)17(3)4)14(18)10-11-20-12-13-8-6-5-7-9-13;11-10(12)6-7-13-8-9-4-2-1-3-5-9;1-8(2)9(10(3)4)11-12(5,6)7/h5-9H,10-12H2,1-4H3;1-5H,6-8H2;1-7H3. The highest BCUT2D eigenvalue weighted by atomic mass is 35.5. The molecular formula is C35H55ClN2O6Si. The first-order chi connectivity index (χ1) is 20.9. The van der Waals surface area contributed by atoms with Gasteiger partial charge in [0.15, 0.2) is 5.88 Å². The highest BCUT2D eigenvalue weighted by Gasteiger charge is 2.36. The van der Waals surface area contributed by atoms with Crippen molar-refractivity contribution in [1.82, 2.24) is 9.80 Å². The summed E-state index contributed by atoms with van der Waals surface area (Å²) in [6.07, 6.45) is 0.522. The zero-order valence-electron chi connectivity index (χ0n) is 29.2. The minimum absolute atomic E-state index is 0.0933. The fourth-order valence-electron chi connectivity index (χ4n) is 3.77. The second kappa shape index (κ2) is 21.7. The van der Waals surface area contributed by atoms with E-state index >= 15 is 0 Å². The molecule has 0 unspecified atom stereocenters. The van der Waals surface area contributed by atoms with Gasteiger partial charge in [-0.2, -0.15) is 0 Å². The summed E-state index contributed by atoms with van der Waals surface area (Å²) in [6, 6.07) is 19.6. The molecule has 0 aliphatic carbocycles. The number of allylic oxidation sites excluding steroid dienone is 1. The number of amides is 1. The molecule has 2 aromatic carbocycles. The number of halogens is 1. The average molecular weight is 663 g/mol. The Hall–Kier alpha value is -2.98. The third kappa shape index (κ3) is 19.9. The summed E-state index contributed by atoms with van der Waals surface area (Å²) in [7, 11) is 5.90. The van der Waals surface area contributed by atoms with Gasteiger partial charge in [-0.25, -0.2) is 0 Å². The molecule has 10 heteroatoms. The number of rotatable bonds is 15. The molecule has 0 atom stereocenters. The minimum Gasteiger partial charge on any atom is -0.533 e. The van der Waals surface area contributed by atoms with Gasteiger partial charge in [-0.1, -0.05) is 60.7 Å². The van der Waals surface area contributed by atoms with Crippen LogP contribution in [0.25, 0.3) is 0 Å². The number of carbonyl (C=O) groups excluding carboxylic acids is 3. The number of hydrogen-bond donors (Lipinski definition) is 0. The first kappa shape index (κ1) is 42.0. The van der Waals surface area contributed by atoms with Gasteiger partial charge in [0, 0.05) is 41.0 Å². The second-order valence-electron chi connectivity index (χ2n) is 12.6. The molecule has 0 saturated carbocycles. The molecule has 2 rings (SSSR count). The van der Waals surface area contributed by atoms with Crippen molar-refractivity contribution in [2.24, 2.45) is 5.41 Å². The fourth-order valence-corrected chi connectivity index (χ4v) is 4.81.